The molecule has 0 aromatic heterocycles. The Bertz CT molecular complexity index is 642. The second kappa shape index (κ2) is 5.48. The summed E-state index contributed by atoms with van der Waals surface area (Å²) in [5.41, 5.74) is 7.58. The highest BCUT2D eigenvalue weighted by atomic mass is 19.4. The van der Waals surface area contributed by atoms with Gasteiger partial charge in [0, 0.05) is 0 Å². The minimum atomic E-state index is -4.74. The van der Waals surface area contributed by atoms with Crippen LogP contribution in [0.2, 0.25) is 0 Å². The Morgan fingerprint density at radius 1 is 1.00 bits per heavy atom. The molecule has 0 aliphatic heterocycles. The lowest BCUT2D eigenvalue weighted by atomic mass is 9.91. The van der Waals surface area contributed by atoms with Crippen molar-refractivity contribution in [2.75, 3.05) is 0 Å². The third kappa shape index (κ3) is 3.08. The molecule has 0 aliphatic rings. The Labute approximate surface area is 120 Å². The molecule has 5 heteroatoms. The number of aryl methyl sites for hydroxylation is 2. The second-order valence-electron chi connectivity index (χ2n) is 5.02. The molecule has 0 aliphatic carbocycles. The maximum absolute atomic E-state index is 13.3. The zero-order chi connectivity index (χ0) is 15.8. The van der Waals surface area contributed by atoms with Gasteiger partial charge in [0.2, 0.25) is 0 Å². The summed E-state index contributed by atoms with van der Waals surface area (Å²) < 4.78 is 51.6. The molecule has 1 nitrogen and oxygen atoms in total. The van der Waals surface area contributed by atoms with Crippen LogP contribution in [0.3, 0.4) is 0 Å². The molecular formula is C16H15F4N. The SMILES string of the molecule is Cc1cccc(C)c1C(N)c1ccc(F)c(C(F)(F)F)c1. The summed E-state index contributed by atoms with van der Waals surface area (Å²) in [6, 6.07) is 7.70. The van der Waals surface area contributed by atoms with E-state index in [1.165, 1.54) is 6.07 Å². The van der Waals surface area contributed by atoms with Gasteiger partial charge < -0.3 is 5.73 Å². The first-order valence-corrected chi connectivity index (χ1v) is 6.40. The molecule has 112 valence electrons. The summed E-state index contributed by atoms with van der Waals surface area (Å²) in [7, 11) is 0. The van der Waals surface area contributed by atoms with E-state index in [-0.39, 0.29) is 5.56 Å². The number of halogens is 4. The highest BCUT2D eigenvalue weighted by Gasteiger charge is 2.34. The number of hydrogen-bond acceptors (Lipinski definition) is 1. The van der Waals surface area contributed by atoms with Crippen molar-refractivity contribution in [2.24, 2.45) is 5.73 Å². The van der Waals surface area contributed by atoms with Gasteiger partial charge in [0.25, 0.3) is 0 Å². The molecule has 0 saturated carbocycles. The van der Waals surface area contributed by atoms with Gasteiger partial charge in [-0.25, -0.2) is 4.39 Å². The van der Waals surface area contributed by atoms with Gasteiger partial charge in [-0.1, -0.05) is 24.3 Å². The van der Waals surface area contributed by atoms with E-state index in [9.17, 15) is 17.6 Å². The lowest BCUT2D eigenvalue weighted by molar-refractivity contribution is -0.140. The predicted octanol–water partition coefficient (Wildman–Crippen LogP) is 4.51. The van der Waals surface area contributed by atoms with Gasteiger partial charge >= 0.3 is 6.18 Å². The summed E-state index contributed by atoms with van der Waals surface area (Å²) in [4.78, 5) is 0. The molecule has 0 radical (unpaired) electrons. The molecule has 2 rings (SSSR count). The number of hydrogen-bond donors (Lipinski definition) is 1. The molecule has 21 heavy (non-hydrogen) atoms. The third-order valence-electron chi connectivity index (χ3n) is 3.51. The van der Waals surface area contributed by atoms with Crippen LogP contribution in [0.5, 0.6) is 0 Å². The minimum Gasteiger partial charge on any atom is -0.320 e. The summed E-state index contributed by atoms with van der Waals surface area (Å²) in [6.07, 6.45) is -4.74. The van der Waals surface area contributed by atoms with E-state index in [4.69, 9.17) is 5.73 Å². The van der Waals surface area contributed by atoms with Crippen LogP contribution in [-0.4, -0.2) is 0 Å². The standard InChI is InChI=1S/C16H15F4N/c1-9-4-3-5-10(2)14(9)15(21)11-6-7-13(17)12(8-11)16(18,19)20/h3-8,15H,21H2,1-2H3. The number of rotatable bonds is 2. The van der Waals surface area contributed by atoms with Crippen molar-refractivity contribution in [3.8, 4) is 0 Å². The van der Waals surface area contributed by atoms with Gasteiger partial charge in [0.15, 0.2) is 0 Å². The first kappa shape index (κ1) is 15.5. The summed E-state index contributed by atoms with van der Waals surface area (Å²) in [6.45, 7) is 3.69. The smallest absolute Gasteiger partial charge is 0.320 e. The molecule has 0 amide bonds. The van der Waals surface area contributed by atoms with Crippen molar-refractivity contribution in [3.63, 3.8) is 0 Å². The molecule has 1 atom stereocenters. The predicted molar refractivity (Wildman–Crippen MR) is 73.3 cm³/mol. The quantitative estimate of drug-likeness (QED) is 0.811. The normalized spacial score (nSPS) is 13.3. The topological polar surface area (TPSA) is 26.0 Å². The van der Waals surface area contributed by atoms with Crippen molar-refractivity contribution in [3.05, 3.63) is 70.0 Å². The van der Waals surface area contributed by atoms with Crippen LogP contribution < -0.4 is 5.73 Å². The molecule has 0 fully saturated rings. The third-order valence-corrected chi connectivity index (χ3v) is 3.51. The Hall–Kier alpha value is -1.88. The fourth-order valence-corrected chi connectivity index (χ4v) is 2.44. The molecule has 0 bridgehead atoms. The van der Waals surface area contributed by atoms with Crippen molar-refractivity contribution < 1.29 is 17.6 Å². The van der Waals surface area contributed by atoms with E-state index in [0.717, 1.165) is 28.8 Å². The Balaban J connectivity index is 2.52. The van der Waals surface area contributed by atoms with E-state index in [2.05, 4.69) is 0 Å². The zero-order valence-electron chi connectivity index (χ0n) is 11.6. The van der Waals surface area contributed by atoms with Crippen LogP contribution in [-0.2, 0) is 6.18 Å². The van der Waals surface area contributed by atoms with Crippen LogP contribution in [0.4, 0.5) is 17.6 Å². The molecule has 0 heterocycles. The number of nitrogens with two attached hydrogens (primary N) is 1. The van der Waals surface area contributed by atoms with Crippen molar-refractivity contribution in [1.29, 1.82) is 0 Å². The lowest BCUT2D eigenvalue weighted by Crippen LogP contribution is -2.17. The van der Waals surface area contributed by atoms with Crippen molar-refractivity contribution in [1.82, 2.24) is 0 Å². The zero-order valence-corrected chi connectivity index (χ0v) is 11.6. The number of benzene rings is 2. The first-order chi connectivity index (χ1) is 9.71. The molecule has 1 unspecified atom stereocenters. The largest absolute Gasteiger partial charge is 0.419 e. The Morgan fingerprint density at radius 3 is 2.10 bits per heavy atom. The minimum absolute atomic E-state index is 0.237. The average Bonchev–Trinajstić information content (AvgIpc) is 2.37. The molecule has 2 N–H and O–H groups in total. The fraction of sp³-hybridized carbons (Fsp3) is 0.250. The first-order valence-electron chi connectivity index (χ1n) is 6.40. The molecule has 2 aromatic carbocycles. The maximum Gasteiger partial charge on any atom is 0.419 e. The number of alkyl halides is 3. The maximum atomic E-state index is 13.3. The van der Waals surface area contributed by atoms with E-state index in [1.54, 1.807) is 0 Å². The van der Waals surface area contributed by atoms with Crippen LogP contribution in [0.15, 0.2) is 36.4 Å². The van der Waals surface area contributed by atoms with Gasteiger partial charge in [-0.05, 0) is 48.2 Å². The van der Waals surface area contributed by atoms with E-state index < -0.39 is 23.6 Å². The average molecular weight is 297 g/mol. The van der Waals surface area contributed by atoms with E-state index in [1.807, 2.05) is 32.0 Å². The van der Waals surface area contributed by atoms with Gasteiger partial charge in [-0.15, -0.1) is 0 Å². The van der Waals surface area contributed by atoms with Crippen LogP contribution >= 0.6 is 0 Å². The van der Waals surface area contributed by atoms with Gasteiger partial charge in [0.05, 0.1) is 11.6 Å². The van der Waals surface area contributed by atoms with E-state index in [0.29, 0.717) is 0 Å². The summed E-state index contributed by atoms with van der Waals surface area (Å²) in [5, 5.41) is 0. The van der Waals surface area contributed by atoms with Gasteiger partial charge in [-0.2, -0.15) is 13.2 Å². The molecular weight excluding hydrogens is 282 g/mol. The molecule has 0 saturated heterocycles. The van der Waals surface area contributed by atoms with Crippen LogP contribution in [0, 0.1) is 19.7 Å². The van der Waals surface area contributed by atoms with Crippen molar-refractivity contribution >= 4 is 0 Å². The second-order valence-corrected chi connectivity index (χ2v) is 5.02. The van der Waals surface area contributed by atoms with E-state index >= 15 is 0 Å². The highest BCUT2D eigenvalue weighted by Crippen LogP contribution is 2.34. The monoisotopic (exact) mass is 297 g/mol. The highest BCUT2D eigenvalue weighted by molar-refractivity contribution is 5.42. The summed E-state index contributed by atoms with van der Waals surface area (Å²) in [5.74, 6) is -1.29. The van der Waals surface area contributed by atoms with Crippen LogP contribution in [0.25, 0.3) is 0 Å². The fourth-order valence-electron chi connectivity index (χ4n) is 2.44. The Kier molecular flexibility index (Phi) is 4.05. The van der Waals surface area contributed by atoms with Gasteiger partial charge in [-0.3, -0.25) is 0 Å². The molecule has 2 aromatic rings. The Morgan fingerprint density at radius 2 is 1.57 bits per heavy atom. The van der Waals surface area contributed by atoms with Gasteiger partial charge in [0.1, 0.15) is 5.82 Å². The lowest BCUT2D eigenvalue weighted by Gasteiger charge is -2.19. The van der Waals surface area contributed by atoms with Crippen molar-refractivity contribution in [2.45, 2.75) is 26.1 Å². The molecule has 0 spiro atoms. The summed E-state index contributed by atoms with van der Waals surface area (Å²) >= 11 is 0. The van der Waals surface area contributed by atoms with Crippen LogP contribution in [0.1, 0.15) is 33.9 Å².